The van der Waals surface area contributed by atoms with Crippen LogP contribution < -0.4 is 42.4 Å². The first-order valence-corrected chi connectivity index (χ1v) is 31.0. The summed E-state index contributed by atoms with van der Waals surface area (Å²) in [6, 6.07) is 14.1. The van der Waals surface area contributed by atoms with Crippen molar-refractivity contribution >= 4 is 65.6 Å². The van der Waals surface area contributed by atoms with E-state index in [-0.39, 0.29) is 38.1 Å². The third-order valence-corrected chi connectivity index (χ3v) is 14.8. The van der Waals surface area contributed by atoms with Crippen molar-refractivity contribution in [1.29, 1.82) is 0 Å². The van der Waals surface area contributed by atoms with E-state index in [9.17, 15) is 48.3 Å². The lowest BCUT2D eigenvalue weighted by Crippen LogP contribution is -2.63. The van der Waals surface area contributed by atoms with Gasteiger partial charge >= 0.3 is 12.1 Å². The second-order valence-electron chi connectivity index (χ2n) is 26.4. The van der Waals surface area contributed by atoms with E-state index in [2.05, 4.69) is 31.9 Å². The summed E-state index contributed by atoms with van der Waals surface area (Å²) in [5, 5.41) is 25.8. The molecule has 1 heterocycles. The minimum absolute atomic E-state index is 0.113. The summed E-state index contributed by atoms with van der Waals surface area (Å²) >= 11 is 0. The van der Waals surface area contributed by atoms with Crippen LogP contribution in [0, 0.1) is 11.8 Å². The molecule has 0 spiro atoms. The summed E-state index contributed by atoms with van der Waals surface area (Å²) in [5.74, 6) is -8.04. The van der Waals surface area contributed by atoms with E-state index >= 15 is 9.59 Å². The van der Waals surface area contributed by atoms with Gasteiger partial charge in [0.05, 0.1) is 24.3 Å². The first kappa shape index (κ1) is 75.2. The molecule has 0 aliphatic carbocycles. The van der Waals surface area contributed by atoms with Gasteiger partial charge in [-0.15, -0.1) is 0 Å². The van der Waals surface area contributed by atoms with Gasteiger partial charge in [-0.1, -0.05) is 107 Å². The molecule has 9 N–H and O–H groups in total. The largest absolute Gasteiger partial charge is 0.488 e. The van der Waals surface area contributed by atoms with Gasteiger partial charge in [-0.3, -0.25) is 47.9 Å². The van der Waals surface area contributed by atoms with Crippen molar-refractivity contribution in [1.82, 2.24) is 41.7 Å². The van der Waals surface area contributed by atoms with Crippen molar-refractivity contribution in [2.45, 2.75) is 220 Å². The number of nitrogens with two attached hydrogens (primary N) is 1. The number of amides is 9. The smallest absolute Gasteiger partial charge is 0.417 e. The molecule has 3 aromatic rings. The quantitative estimate of drug-likeness (QED) is 0.0430. The van der Waals surface area contributed by atoms with Gasteiger partial charge in [0.15, 0.2) is 0 Å². The third-order valence-electron chi connectivity index (χ3n) is 14.8. The molecule has 91 heavy (non-hydrogen) atoms. The fourth-order valence-corrected chi connectivity index (χ4v) is 10.1. The molecule has 9 amide bonds. The highest BCUT2D eigenvalue weighted by Gasteiger charge is 2.43. The van der Waals surface area contributed by atoms with Gasteiger partial charge in [0.2, 0.25) is 47.6 Å². The van der Waals surface area contributed by atoms with Crippen LogP contribution in [0.15, 0.2) is 84.9 Å². The van der Waals surface area contributed by atoms with Crippen LogP contribution in [0.25, 0.3) is 0 Å². The summed E-state index contributed by atoms with van der Waals surface area (Å²) in [6.07, 6.45) is -1.04. The van der Waals surface area contributed by atoms with E-state index in [1.54, 1.807) is 96.1 Å². The van der Waals surface area contributed by atoms with E-state index in [1.807, 2.05) is 58.0 Å². The van der Waals surface area contributed by atoms with Crippen molar-refractivity contribution in [2.75, 3.05) is 13.1 Å². The fourth-order valence-electron chi connectivity index (χ4n) is 10.1. The number of carbonyl (C=O) groups excluding carboxylic acids is 10. The van der Waals surface area contributed by atoms with E-state index in [0.29, 0.717) is 34.6 Å². The van der Waals surface area contributed by atoms with E-state index < -0.39 is 156 Å². The Morgan fingerprint density at radius 2 is 1.18 bits per heavy atom. The number of likely N-dealkylation sites (tertiary alicyclic amines) is 1. The molecule has 24 nitrogen and oxygen atoms in total. The monoisotopic (exact) mass is 1270 g/mol. The molecule has 4 rings (SSSR count). The lowest BCUT2D eigenvalue weighted by Gasteiger charge is -2.33. The maximum Gasteiger partial charge on any atom is 0.417 e. The van der Waals surface area contributed by atoms with Crippen LogP contribution >= 0.6 is 0 Å². The minimum Gasteiger partial charge on any atom is -0.488 e. The Bertz CT molecular complexity index is 2960. The van der Waals surface area contributed by atoms with E-state index in [1.165, 1.54) is 38.9 Å². The number of nitrogens with zero attached hydrogens (tertiary/aromatic N) is 2. The molecular weight excluding hydrogens is 1170 g/mol. The average molecular weight is 1270 g/mol. The molecule has 1 radical (unpaired) electrons. The number of carbonyl (C=O) groups is 10. The number of benzene rings is 3. The zero-order valence-electron chi connectivity index (χ0n) is 55.1. The Morgan fingerprint density at radius 3 is 1.68 bits per heavy atom. The van der Waals surface area contributed by atoms with Crippen LogP contribution in [0.5, 0.6) is 5.75 Å². The number of hydrogen-bond donors (Lipinski definition) is 8. The molecule has 1 fully saturated rings. The number of ether oxygens (including phenoxy) is 3. The molecule has 0 unspecified atom stereocenters. The van der Waals surface area contributed by atoms with Gasteiger partial charge in [0, 0.05) is 25.8 Å². The van der Waals surface area contributed by atoms with Crippen LogP contribution in [0.3, 0.4) is 0 Å². The molecule has 10 atom stereocenters. The molecule has 499 valence electrons. The predicted octanol–water partition coefficient (Wildman–Crippen LogP) is 4.76. The maximum atomic E-state index is 15.0. The Kier molecular flexibility index (Phi) is 28.3. The molecule has 1 saturated heterocycles. The number of rotatable bonds is 31. The fraction of sp³-hybridized carbons (Fsp3) is 0.567. The number of carboxylic acids is 1. The highest BCUT2D eigenvalue weighted by Crippen LogP contribution is 2.24. The molecule has 24 heteroatoms. The van der Waals surface area contributed by atoms with Gasteiger partial charge in [-0.2, -0.15) is 0 Å². The third kappa shape index (κ3) is 24.8. The summed E-state index contributed by atoms with van der Waals surface area (Å²) in [4.78, 5) is 154. The SMILES string of the molecule is CC[C@H](C)[C@H](NC(=O)[C@@H]1CCCN1C(=O)[C@@H](NC(=O)[C@@H](N)Cc1ccccc1)C(C)C)C(=O)N[C@@H](Cc1ccccc1)C(=O)N[C@H](C(=O)N[C@@H](Cc1ccc(OC(C)(C)C)cc1)C(=O)NCC(=O)N(C(=O)OC(C)(C)C)[C@H]([C]=O)CCC(=O)O)[C@@H](C)OC(C)(C)C. The van der Waals surface area contributed by atoms with E-state index in [0.717, 1.165) is 5.56 Å². The second-order valence-corrected chi connectivity index (χ2v) is 26.4. The topological polar surface area (TPSA) is 340 Å². The zero-order valence-corrected chi connectivity index (χ0v) is 55.1. The van der Waals surface area contributed by atoms with Crippen molar-refractivity contribution < 1.29 is 72.1 Å². The summed E-state index contributed by atoms with van der Waals surface area (Å²) < 4.78 is 17.7. The zero-order chi connectivity index (χ0) is 68.1. The van der Waals surface area contributed by atoms with Gasteiger partial charge in [0.1, 0.15) is 59.2 Å². The lowest BCUT2D eigenvalue weighted by molar-refractivity contribution is -0.143. The summed E-state index contributed by atoms with van der Waals surface area (Å²) in [7, 11) is 0. The van der Waals surface area contributed by atoms with E-state index in [4.69, 9.17) is 19.9 Å². The predicted molar refractivity (Wildman–Crippen MR) is 340 cm³/mol. The van der Waals surface area contributed by atoms with Crippen LogP contribution in [-0.4, -0.2) is 165 Å². The van der Waals surface area contributed by atoms with Crippen LogP contribution in [-0.2, 0) is 76.7 Å². The average Bonchev–Trinajstić information content (AvgIpc) is 1.96. The van der Waals surface area contributed by atoms with Crippen LogP contribution in [0.4, 0.5) is 4.79 Å². The first-order valence-electron chi connectivity index (χ1n) is 31.0. The number of hydrogen-bond acceptors (Lipinski definition) is 15. The molecule has 3 aromatic carbocycles. The summed E-state index contributed by atoms with van der Waals surface area (Å²) in [6.45, 7) is 23.2. The van der Waals surface area contributed by atoms with Gasteiger partial charge in [0.25, 0.3) is 5.91 Å². The van der Waals surface area contributed by atoms with Crippen LogP contribution in [0.2, 0.25) is 0 Å². The lowest BCUT2D eigenvalue weighted by atomic mass is 9.96. The number of imide groups is 1. The minimum atomic E-state index is -1.72. The number of nitrogens with one attached hydrogen (secondary N) is 6. The normalized spacial score (nSPS) is 16.4. The maximum absolute atomic E-state index is 15.0. The van der Waals surface area contributed by atoms with Gasteiger partial charge in [-0.25, -0.2) is 9.69 Å². The number of carboxylic acid groups (broad SMARTS) is 1. The summed E-state index contributed by atoms with van der Waals surface area (Å²) in [5.41, 5.74) is 5.60. The van der Waals surface area contributed by atoms with Gasteiger partial charge in [-0.05, 0) is 136 Å². The highest BCUT2D eigenvalue weighted by molar-refractivity contribution is 6.00. The number of aliphatic carboxylic acids is 1. The molecule has 0 aromatic heterocycles. The molecule has 1 aliphatic heterocycles. The second kappa shape index (κ2) is 34.3. The van der Waals surface area contributed by atoms with Crippen molar-refractivity contribution in [2.24, 2.45) is 17.6 Å². The van der Waals surface area contributed by atoms with Crippen molar-refractivity contribution in [3.63, 3.8) is 0 Å². The Balaban J connectivity index is 1.68. The molecule has 1 aliphatic rings. The van der Waals surface area contributed by atoms with Crippen LogP contribution in [0.1, 0.15) is 146 Å². The Labute approximate surface area is 534 Å². The molecule has 0 saturated carbocycles. The van der Waals surface area contributed by atoms with Crippen molar-refractivity contribution in [3.8, 4) is 5.75 Å². The molecular formula is C67H96N9O15. The standard InChI is InChI=1S/C67H96N9O15/c1-15-41(4)55(73-60(84)51-27-22-34-75(51)63(87)54(40(2)3)72-57(81)48(68)35-43-23-18-16-19-24-43)61(85)71-50(36-44-25-20-17-21-26-44)59(83)74-56(42(5)89-65(6,7)8)62(86)70-49(37-45-28-31-47(32-29-45)90-66(9,10)11)58(82)69-38-52(78)76(64(88)91-67(12,13)14)46(39-77)30-33-53(79)80/h16-21,23-26,28-29,31-32,40-42,46,48-51,54-56H,15,22,27,30,33-38,68H2,1-14H3,(H,69,82)(H,70,86)(H,71,85)(H,72,81)(H,73,84)(H,74,83)(H,79,80)/t41-,42+,46-,48-,49-,50-,51-,54-,55-,56-/m0/s1. The Hall–Kier alpha value is -8.25. The van der Waals surface area contributed by atoms with Gasteiger partial charge < -0.3 is 61.9 Å². The Morgan fingerprint density at radius 1 is 0.648 bits per heavy atom. The molecule has 0 bridgehead atoms. The highest BCUT2D eigenvalue weighted by atomic mass is 16.6. The first-order chi connectivity index (χ1) is 42.5. The van der Waals surface area contributed by atoms with Crippen molar-refractivity contribution in [3.05, 3.63) is 102 Å².